The van der Waals surface area contributed by atoms with Crippen LogP contribution < -0.4 is 0 Å². The van der Waals surface area contributed by atoms with Gasteiger partial charge in [0.25, 0.3) is 0 Å². The Bertz CT molecular complexity index is 480. The molecule has 88 valence electrons. The summed E-state index contributed by atoms with van der Waals surface area (Å²) in [6, 6.07) is 8.62. The number of hydrogen-bond donors (Lipinski definition) is 0. The van der Waals surface area contributed by atoms with Gasteiger partial charge in [0.15, 0.2) is 0 Å². The first kappa shape index (κ1) is 10.7. The van der Waals surface area contributed by atoms with Crippen LogP contribution in [0.25, 0.3) is 0 Å². The average molecular weight is 249 g/mol. The van der Waals surface area contributed by atoms with Gasteiger partial charge < -0.3 is 0 Å². The predicted molar refractivity (Wildman–Crippen MR) is 65.7 cm³/mol. The number of nitrogens with zero attached hydrogens (tertiary/aromatic N) is 4. The zero-order valence-corrected chi connectivity index (χ0v) is 10.1. The Morgan fingerprint density at radius 2 is 2.12 bits per heavy atom. The van der Waals surface area contributed by atoms with Crippen molar-refractivity contribution >= 4 is 11.6 Å². The smallest absolute Gasteiger partial charge is 0.137 e. The van der Waals surface area contributed by atoms with E-state index in [4.69, 9.17) is 11.6 Å². The quantitative estimate of drug-likeness (QED) is 0.774. The Balaban J connectivity index is 1.53. The fourth-order valence-corrected chi connectivity index (χ4v) is 2.08. The van der Waals surface area contributed by atoms with Gasteiger partial charge in [0.05, 0.1) is 6.54 Å². The second-order valence-electron chi connectivity index (χ2n) is 4.33. The topological polar surface area (TPSA) is 33.7 Å². The number of aromatic nitrogens is 3. The summed E-state index contributed by atoms with van der Waals surface area (Å²) in [5, 5.41) is 4.90. The van der Waals surface area contributed by atoms with Crippen molar-refractivity contribution in [1.82, 2.24) is 19.7 Å². The Morgan fingerprint density at radius 3 is 2.82 bits per heavy atom. The fraction of sp³-hybridized carbons (Fsp3) is 0.333. The summed E-state index contributed by atoms with van der Waals surface area (Å²) in [6.07, 6.45) is 3.34. The molecule has 0 radical (unpaired) electrons. The minimum absolute atomic E-state index is 0.590. The summed E-state index contributed by atoms with van der Waals surface area (Å²) in [5.41, 5.74) is 1.30. The molecule has 1 aromatic carbocycles. The van der Waals surface area contributed by atoms with Gasteiger partial charge >= 0.3 is 0 Å². The summed E-state index contributed by atoms with van der Waals surface area (Å²) in [4.78, 5) is 6.35. The van der Waals surface area contributed by atoms with Crippen molar-refractivity contribution < 1.29 is 0 Å². The van der Waals surface area contributed by atoms with Crippen molar-refractivity contribution in [3.63, 3.8) is 0 Å². The normalized spacial score (nSPS) is 22.6. The van der Waals surface area contributed by atoms with Crippen LogP contribution in [0.4, 0.5) is 0 Å². The van der Waals surface area contributed by atoms with Crippen LogP contribution in [0, 0.1) is 0 Å². The Hall–Kier alpha value is -1.39. The molecule has 2 unspecified atom stereocenters. The highest BCUT2D eigenvalue weighted by Crippen LogP contribution is 2.22. The van der Waals surface area contributed by atoms with Crippen molar-refractivity contribution in [1.29, 1.82) is 0 Å². The SMILES string of the molecule is Clc1ccc(CN2CC2Cn2cncn2)cc1. The third-order valence-corrected chi connectivity index (χ3v) is 3.24. The van der Waals surface area contributed by atoms with E-state index in [2.05, 4.69) is 27.1 Å². The van der Waals surface area contributed by atoms with Gasteiger partial charge in [0, 0.05) is 24.2 Å². The molecule has 0 amide bonds. The highest BCUT2D eigenvalue weighted by Gasteiger charge is 2.33. The Labute approximate surface area is 105 Å². The standard InChI is InChI=1S/C12H13ClN4/c13-11-3-1-10(2-4-11)5-16-6-12(16)7-17-9-14-8-15-17/h1-4,8-9,12H,5-7H2. The number of benzene rings is 1. The van der Waals surface area contributed by atoms with Gasteiger partial charge in [-0.05, 0) is 17.7 Å². The maximum absolute atomic E-state index is 5.86. The molecule has 0 N–H and O–H groups in total. The largest absolute Gasteiger partial charge is 0.291 e. The summed E-state index contributed by atoms with van der Waals surface area (Å²) in [6.45, 7) is 3.03. The molecule has 1 saturated heterocycles. The van der Waals surface area contributed by atoms with Crippen LogP contribution in [0.2, 0.25) is 5.02 Å². The maximum Gasteiger partial charge on any atom is 0.137 e. The third-order valence-electron chi connectivity index (χ3n) is 2.99. The fourth-order valence-electron chi connectivity index (χ4n) is 1.96. The number of halogens is 1. The molecule has 0 aliphatic carbocycles. The highest BCUT2D eigenvalue weighted by molar-refractivity contribution is 6.30. The molecule has 1 aromatic heterocycles. The molecular weight excluding hydrogens is 236 g/mol. The molecule has 2 aromatic rings. The van der Waals surface area contributed by atoms with Gasteiger partial charge in [-0.25, -0.2) is 4.98 Å². The number of hydrogen-bond acceptors (Lipinski definition) is 3. The molecule has 1 aliphatic heterocycles. The van der Waals surface area contributed by atoms with Crippen LogP contribution in [0.15, 0.2) is 36.9 Å². The monoisotopic (exact) mass is 248 g/mol. The summed E-state index contributed by atoms with van der Waals surface area (Å²) in [5.74, 6) is 0. The maximum atomic E-state index is 5.86. The summed E-state index contributed by atoms with van der Waals surface area (Å²) < 4.78 is 1.88. The summed E-state index contributed by atoms with van der Waals surface area (Å²) in [7, 11) is 0. The van der Waals surface area contributed by atoms with Crippen molar-refractivity contribution in [3.05, 3.63) is 47.5 Å². The van der Waals surface area contributed by atoms with E-state index in [0.29, 0.717) is 6.04 Å². The Kier molecular flexibility index (Phi) is 2.82. The van der Waals surface area contributed by atoms with E-state index in [1.54, 1.807) is 12.7 Å². The summed E-state index contributed by atoms with van der Waals surface area (Å²) >= 11 is 5.86. The van der Waals surface area contributed by atoms with E-state index < -0.39 is 0 Å². The van der Waals surface area contributed by atoms with Crippen LogP contribution >= 0.6 is 11.6 Å². The van der Waals surface area contributed by atoms with Gasteiger partial charge in [-0.1, -0.05) is 23.7 Å². The van der Waals surface area contributed by atoms with Crippen molar-refractivity contribution in [2.45, 2.75) is 19.1 Å². The van der Waals surface area contributed by atoms with Crippen molar-refractivity contribution in [2.24, 2.45) is 0 Å². The lowest BCUT2D eigenvalue weighted by Crippen LogP contribution is -2.10. The Morgan fingerprint density at radius 1 is 1.29 bits per heavy atom. The van der Waals surface area contributed by atoms with Gasteiger partial charge in [0.2, 0.25) is 0 Å². The molecule has 2 atom stereocenters. The van der Waals surface area contributed by atoms with Crippen molar-refractivity contribution in [3.8, 4) is 0 Å². The van der Waals surface area contributed by atoms with Crippen LogP contribution in [0.1, 0.15) is 5.56 Å². The van der Waals surface area contributed by atoms with E-state index in [0.717, 1.165) is 24.7 Å². The molecule has 3 rings (SSSR count). The van der Waals surface area contributed by atoms with E-state index in [-0.39, 0.29) is 0 Å². The molecule has 2 heterocycles. The van der Waals surface area contributed by atoms with Crippen LogP contribution in [-0.4, -0.2) is 32.3 Å². The highest BCUT2D eigenvalue weighted by atomic mass is 35.5. The molecular formula is C12H13ClN4. The van der Waals surface area contributed by atoms with Crippen LogP contribution in [0.5, 0.6) is 0 Å². The minimum atomic E-state index is 0.590. The zero-order chi connectivity index (χ0) is 11.7. The molecule has 5 heteroatoms. The van der Waals surface area contributed by atoms with E-state index in [9.17, 15) is 0 Å². The molecule has 0 spiro atoms. The molecule has 4 nitrogen and oxygen atoms in total. The van der Waals surface area contributed by atoms with Crippen molar-refractivity contribution in [2.75, 3.05) is 6.54 Å². The molecule has 1 aliphatic rings. The molecule has 0 bridgehead atoms. The van der Waals surface area contributed by atoms with Gasteiger partial charge in [-0.15, -0.1) is 0 Å². The van der Waals surface area contributed by atoms with E-state index in [1.807, 2.05) is 16.8 Å². The third kappa shape index (κ3) is 2.65. The zero-order valence-electron chi connectivity index (χ0n) is 9.33. The molecule has 0 saturated carbocycles. The van der Waals surface area contributed by atoms with Gasteiger partial charge in [-0.3, -0.25) is 9.58 Å². The van der Waals surface area contributed by atoms with E-state index in [1.165, 1.54) is 5.56 Å². The first-order valence-electron chi connectivity index (χ1n) is 5.62. The number of rotatable bonds is 4. The van der Waals surface area contributed by atoms with Gasteiger partial charge in [-0.2, -0.15) is 5.10 Å². The molecule has 17 heavy (non-hydrogen) atoms. The van der Waals surface area contributed by atoms with Gasteiger partial charge in [0.1, 0.15) is 12.7 Å². The average Bonchev–Trinajstić information content (AvgIpc) is 2.84. The second kappa shape index (κ2) is 4.47. The first-order chi connectivity index (χ1) is 8.31. The lowest BCUT2D eigenvalue weighted by atomic mass is 10.2. The predicted octanol–water partition coefficient (Wildman–Crippen LogP) is 1.82. The second-order valence-corrected chi connectivity index (χ2v) is 4.76. The lowest BCUT2D eigenvalue weighted by molar-refractivity contribution is 0.454. The van der Waals surface area contributed by atoms with Crippen LogP contribution in [0.3, 0.4) is 0 Å². The van der Waals surface area contributed by atoms with Crippen LogP contribution in [-0.2, 0) is 13.1 Å². The minimum Gasteiger partial charge on any atom is -0.291 e. The molecule has 1 fully saturated rings. The lowest BCUT2D eigenvalue weighted by Gasteiger charge is -2.04. The van der Waals surface area contributed by atoms with E-state index >= 15 is 0 Å². The first-order valence-corrected chi connectivity index (χ1v) is 6.00.